The van der Waals surface area contributed by atoms with Crippen molar-refractivity contribution in [3.8, 4) is 0 Å². The molecule has 1 aromatic carbocycles. The van der Waals surface area contributed by atoms with E-state index in [0.29, 0.717) is 29.8 Å². The van der Waals surface area contributed by atoms with E-state index >= 15 is 0 Å². The van der Waals surface area contributed by atoms with E-state index in [2.05, 4.69) is 20.9 Å². The third-order valence-corrected chi connectivity index (χ3v) is 7.32. The van der Waals surface area contributed by atoms with Crippen LogP contribution in [0.25, 0.3) is 5.57 Å². The number of rotatable bonds is 6. The molecule has 2 fully saturated rings. The summed E-state index contributed by atoms with van der Waals surface area (Å²) in [5.41, 5.74) is 2.85. The Morgan fingerprint density at radius 1 is 1.20 bits per heavy atom. The Morgan fingerprint density at radius 2 is 2.00 bits per heavy atom. The standard InChI is InChI=1S/C25H30FN5O4/c1-15-20(13-18-17-11-16(26)12-21(27-14-32)23(17)29-24(18)33)28-19-3-2-4-31(25(34)22(15)19)6-5-30-7-9-35-10-8-30/h11-14,19,22,28H,2-10H2,1H3,(H,27,32)(H,29,33)/b18-13-. The van der Waals surface area contributed by atoms with Gasteiger partial charge in [-0.3, -0.25) is 19.3 Å². The molecule has 0 spiro atoms. The molecule has 2 unspecified atom stereocenters. The lowest BCUT2D eigenvalue weighted by Crippen LogP contribution is -2.45. The van der Waals surface area contributed by atoms with Crippen molar-refractivity contribution < 1.29 is 23.5 Å². The van der Waals surface area contributed by atoms with E-state index in [4.69, 9.17) is 4.74 Å². The van der Waals surface area contributed by atoms with Gasteiger partial charge in [0.15, 0.2) is 0 Å². The first-order valence-corrected chi connectivity index (χ1v) is 12.1. The van der Waals surface area contributed by atoms with Crippen molar-refractivity contribution in [2.24, 2.45) is 5.92 Å². The summed E-state index contributed by atoms with van der Waals surface area (Å²) < 4.78 is 19.6. The molecule has 2 atom stereocenters. The normalized spacial score (nSPS) is 25.8. The zero-order valence-corrected chi connectivity index (χ0v) is 19.7. The summed E-state index contributed by atoms with van der Waals surface area (Å²) in [4.78, 5) is 41.5. The number of allylic oxidation sites excluding steroid dienone is 1. The number of hydrogen-bond acceptors (Lipinski definition) is 6. The molecule has 1 aromatic rings. The number of anilines is 2. The molecule has 3 amide bonds. The highest BCUT2D eigenvalue weighted by atomic mass is 19.1. The van der Waals surface area contributed by atoms with Crippen LogP contribution in [0.5, 0.6) is 0 Å². The Hall–Kier alpha value is -3.24. The highest BCUT2D eigenvalue weighted by molar-refractivity contribution is 6.33. The molecule has 4 aliphatic rings. The molecular weight excluding hydrogens is 453 g/mol. The third-order valence-electron chi connectivity index (χ3n) is 7.32. The molecule has 0 aromatic heterocycles. The maximum absolute atomic E-state index is 14.2. The number of amides is 3. The van der Waals surface area contributed by atoms with Gasteiger partial charge in [-0.2, -0.15) is 0 Å². The fourth-order valence-corrected chi connectivity index (χ4v) is 5.46. The molecule has 2 saturated heterocycles. The largest absolute Gasteiger partial charge is 0.381 e. The maximum atomic E-state index is 14.2. The minimum atomic E-state index is -0.558. The van der Waals surface area contributed by atoms with Gasteiger partial charge in [0.05, 0.1) is 36.1 Å². The summed E-state index contributed by atoms with van der Waals surface area (Å²) in [5, 5.41) is 8.61. The molecule has 35 heavy (non-hydrogen) atoms. The fourth-order valence-electron chi connectivity index (χ4n) is 5.46. The van der Waals surface area contributed by atoms with Crippen LogP contribution in [0, 0.1) is 11.7 Å². The smallest absolute Gasteiger partial charge is 0.256 e. The van der Waals surface area contributed by atoms with E-state index < -0.39 is 5.82 Å². The monoisotopic (exact) mass is 483 g/mol. The van der Waals surface area contributed by atoms with Gasteiger partial charge in [-0.1, -0.05) is 0 Å². The third kappa shape index (κ3) is 4.55. The van der Waals surface area contributed by atoms with Gasteiger partial charge in [-0.05, 0) is 43.5 Å². The lowest BCUT2D eigenvalue weighted by molar-refractivity contribution is -0.134. The summed E-state index contributed by atoms with van der Waals surface area (Å²) >= 11 is 0. The van der Waals surface area contributed by atoms with Crippen molar-refractivity contribution in [3.05, 3.63) is 40.9 Å². The Labute approximate surface area is 203 Å². The average molecular weight is 484 g/mol. The molecule has 9 nitrogen and oxygen atoms in total. The van der Waals surface area contributed by atoms with Crippen LogP contribution in [0.15, 0.2) is 29.5 Å². The molecule has 3 N–H and O–H groups in total. The number of fused-ring (bicyclic) bond motifs is 2. The predicted molar refractivity (Wildman–Crippen MR) is 129 cm³/mol. The Morgan fingerprint density at radius 3 is 2.77 bits per heavy atom. The summed E-state index contributed by atoms with van der Waals surface area (Å²) in [6.07, 6.45) is 3.88. The van der Waals surface area contributed by atoms with Gasteiger partial charge in [0.1, 0.15) is 5.82 Å². The van der Waals surface area contributed by atoms with Crippen molar-refractivity contribution in [3.63, 3.8) is 0 Å². The molecule has 4 heterocycles. The zero-order chi connectivity index (χ0) is 24.5. The lowest BCUT2D eigenvalue weighted by atomic mass is 9.92. The number of carbonyl (C=O) groups is 3. The molecule has 0 aliphatic carbocycles. The summed E-state index contributed by atoms with van der Waals surface area (Å²) in [7, 11) is 0. The number of nitrogens with one attached hydrogen (secondary N) is 3. The van der Waals surface area contributed by atoms with Gasteiger partial charge in [0.25, 0.3) is 5.91 Å². The highest BCUT2D eigenvalue weighted by Crippen LogP contribution is 2.40. The van der Waals surface area contributed by atoms with Crippen LogP contribution in [0.4, 0.5) is 15.8 Å². The molecule has 0 radical (unpaired) electrons. The number of ether oxygens (including phenoxy) is 1. The number of benzene rings is 1. The number of morpholine rings is 1. The van der Waals surface area contributed by atoms with E-state index in [1.54, 1.807) is 6.08 Å². The first-order valence-electron chi connectivity index (χ1n) is 12.1. The number of carbonyl (C=O) groups excluding carboxylic acids is 3. The number of nitrogens with zero attached hydrogens (tertiary/aromatic N) is 2. The van der Waals surface area contributed by atoms with E-state index in [1.165, 1.54) is 6.07 Å². The first kappa shape index (κ1) is 23.5. The topological polar surface area (TPSA) is 103 Å². The number of likely N-dealkylation sites (tertiary alicyclic amines) is 1. The van der Waals surface area contributed by atoms with E-state index in [-0.39, 0.29) is 29.5 Å². The second-order valence-corrected chi connectivity index (χ2v) is 9.40. The van der Waals surface area contributed by atoms with Gasteiger partial charge < -0.3 is 25.6 Å². The molecule has 4 aliphatic heterocycles. The average Bonchev–Trinajstić information content (AvgIpc) is 3.26. The van der Waals surface area contributed by atoms with Crippen molar-refractivity contribution in [2.75, 3.05) is 56.6 Å². The van der Waals surface area contributed by atoms with Gasteiger partial charge in [-0.15, -0.1) is 0 Å². The zero-order valence-electron chi connectivity index (χ0n) is 19.7. The number of hydrogen-bond donors (Lipinski definition) is 3. The first-order chi connectivity index (χ1) is 17.0. The van der Waals surface area contributed by atoms with Gasteiger partial charge >= 0.3 is 0 Å². The SMILES string of the molecule is CC1=C(/C=C2\C(=O)Nc3c(NC=O)cc(F)cc32)NC2CCCN(CCN3CCOCC3)C(=O)C12. The molecule has 0 bridgehead atoms. The highest BCUT2D eigenvalue weighted by Gasteiger charge is 2.41. The Bertz CT molecular complexity index is 1110. The summed E-state index contributed by atoms with van der Waals surface area (Å²) in [6.45, 7) is 7.42. The van der Waals surface area contributed by atoms with E-state index in [9.17, 15) is 18.8 Å². The number of halogens is 1. The summed E-state index contributed by atoms with van der Waals surface area (Å²) in [6, 6.07) is 2.40. The van der Waals surface area contributed by atoms with Crippen LogP contribution in [-0.2, 0) is 19.1 Å². The lowest BCUT2D eigenvalue weighted by Gasteiger charge is -2.30. The molecule has 10 heteroatoms. The second kappa shape index (κ2) is 9.79. The van der Waals surface area contributed by atoms with Crippen LogP contribution in [0.2, 0.25) is 0 Å². The maximum Gasteiger partial charge on any atom is 0.256 e. The minimum Gasteiger partial charge on any atom is -0.381 e. The van der Waals surface area contributed by atoms with Crippen LogP contribution in [0.3, 0.4) is 0 Å². The van der Waals surface area contributed by atoms with E-state index in [0.717, 1.165) is 69.6 Å². The van der Waals surface area contributed by atoms with Crippen LogP contribution >= 0.6 is 0 Å². The molecular formula is C25H30FN5O4. The van der Waals surface area contributed by atoms with Gasteiger partial charge in [-0.25, -0.2) is 4.39 Å². The van der Waals surface area contributed by atoms with Gasteiger partial charge in [0, 0.05) is 50.0 Å². The Balaban J connectivity index is 1.39. The fraction of sp³-hybridized carbons (Fsp3) is 0.480. The predicted octanol–water partition coefficient (Wildman–Crippen LogP) is 1.55. The molecule has 0 saturated carbocycles. The van der Waals surface area contributed by atoms with Gasteiger partial charge in [0.2, 0.25) is 12.3 Å². The van der Waals surface area contributed by atoms with Crippen LogP contribution in [0.1, 0.15) is 25.3 Å². The Kier molecular flexibility index (Phi) is 6.57. The molecule has 5 rings (SSSR count). The van der Waals surface area contributed by atoms with E-state index in [1.807, 2.05) is 11.8 Å². The quantitative estimate of drug-likeness (QED) is 0.419. The molecule has 186 valence electrons. The minimum absolute atomic E-state index is 0.0357. The van der Waals surface area contributed by atoms with Crippen molar-refractivity contribution >= 4 is 35.2 Å². The van der Waals surface area contributed by atoms with Crippen molar-refractivity contribution in [2.45, 2.75) is 25.8 Å². The van der Waals surface area contributed by atoms with Crippen molar-refractivity contribution in [1.82, 2.24) is 15.1 Å². The summed E-state index contributed by atoms with van der Waals surface area (Å²) in [5.74, 6) is -1.12. The van der Waals surface area contributed by atoms with Crippen LogP contribution < -0.4 is 16.0 Å². The van der Waals surface area contributed by atoms with Crippen molar-refractivity contribution in [1.29, 1.82) is 0 Å². The van der Waals surface area contributed by atoms with Crippen LogP contribution in [-0.4, -0.2) is 80.0 Å². The second-order valence-electron chi connectivity index (χ2n) is 9.40.